The van der Waals surface area contributed by atoms with Crippen LogP contribution in [-0.2, 0) is 0 Å². The van der Waals surface area contributed by atoms with Crippen LogP contribution in [0.25, 0.3) is 76.2 Å². The van der Waals surface area contributed by atoms with Crippen molar-refractivity contribution in [1.82, 2.24) is 15.0 Å². The monoisotopic (exact) mass is 559 g/mol. The highest BCUT2D eigenvalue weighted by atomic mass is 14.9. The Morgan fingerprint density at radius 1 is 0.545 bits per heavy atom. The Labute approximate surface area is 252 Å². The molecule has 5 aromatic carbocycles. The molecule has 2 aromatic heterocycles. The molecule has 0 aliphatic carbocycles. The van der Waals surface area contributed by atoms with Crippen LogP contribution in [0.4, 0.5) is 11.4 Å². The second-order valence-electron chi connectivity index (χ2n) is 10.1. The number of rotatable bonds is 3. The molecular weight excluding hydrogens is 542 g/mol. The van der Waals surface area contributed by atoms with Gasteiger partial charge in [0.25, 0.3) is 0 Å². The lowest BCUT2D eigenvalue weighted by Crippen LogP contribution is -1.98. The van der Waals surface area contributed by atoms with Crippen molar-refractivity contribution in [2.24, 2.45) is 0 Å². The van der Waals surface area contributed by atoms with E-state index in [4.69, 9.17) is 28.1 Å². The molecule has 0 aliphatic rings. The summed E-state index contributed by atoms with van der Waals surface area (Å²) in [6, 6.07) is 35.5. The zero-order valence-electron chi connectivity index (χ0n) is 22.9. The molecule has 0 bridgehead atoms. The lowest BCUT2D eigenvalue weighted by Gasteiger charge is -2.16. The number of aromatic nitrogens is 3. The molecule has 7 heteroatoms. The van der Waals surface area contributed by atoms with Crippen molar-refractivity contribution >= 4 is 44.1 Å². The van der Waals surface area contributed by atoms with Crippen LogP contribution >= 0.6 is 0 Å². The Kier molecular flexibility index (Phi) is 6.19. The highest BCUT2D eigenvalue weighted by Gasteiger charge is 2.21. The minimum absolute atomic E-state index is 0.320. The van der Waals surface area contributed by atoms with Crippen molar-refractivity contribution in [3.05, 3.63) is 137 Å². The maximum atomic E-state index is 9.58. The van der Waals surface area contributed by atoms with Crippen molar-refractivity contribution in [3.63, 3.8) is 0 Å². The number of nitriles is 2. The van der Waals surface area contributed by atoms with Crippen LogP contribution in [0.1, 0.15) is 11.1 Å². The first kappa shape index (κ1) is 26.0. The molecule has 0 saturated carbocycles. The molecule has 0 saturated heterocycles. The molecule has 7 aromatic rings. The van der Waals surface area contributed by atoms with Crippen molar-refractivity contribution < 1.29 is 0 Å². The Hall–Kier alpha value is -6.93. The second kappa shape index (κ2) is 10.5. The largest absolute Gasteiger partial charge is 0.255 e. The maximum Gasteiger partial charge on any atom is 0.215 e. The van der Waals surface area contributed by atoms with E-state index in [2.05, 4.69) is 21.8 Å². The van der Waals surface area contributed by atoms with Gasteiger partial charge in [-0.2, -0.15) is 10.5 Å². The minimum Gasteiger partial charge on any atom is -0.255 e. The fourth-order valence-corrected chi connectivity index (χ4v) is 5.46. The highest BCUT2D eigenvalue weighted by Crippen LogP contribution is 2.42. The molecule has 7 rings (SSSR count). The van der Waals surface area contributed by atoms with E-state index >= 15 is 0 Å². The minimum atomic E-state index is 0.320. The Morgan fingerprint density at radius 3 is 1.91 bits per heavy atom. The van der Waals surface area contributed by atoms with Crippen LogP contribution in [0.2, 0.25) is 0 Å². The predicted octanol–water partition coefficient (Wildman–Crippen LogP) is 9.18. The second-order valence-corrected chi connectivity index (χ2v) is 10.1. The number of hydrogen-bond donors (Lipinski definition) is 0. The van der Waals surface area contributed by atoms with E-state index in [-0.39, 0.29) is 0 Å². The summed E-state index contributed by atoms with van der Waals surface area (Å²) in [6.45, 7) is 15.5. The smallest absolute Gasteiger partial charge is 0.215 e. The average Bonchev–Trinajstić information content (AvgIpc) is 3.10. The van der Waals surface area contributed by atoms with E-state index in [9.17, 15) is 10.5 Å². The Balaban J connectivity index is 1.66. The first-order chi connectivity index (χ1) is 21.6. The van der Waals surface area contributed by atoms with Crippen LogP contribution in [0.3, 0.4) is 0 Å². The van der Waals surface area contributed by atoms with Gasteiger partial charge in [0.1, 0.15) is 0 Å². The standard InChI is InChI=1S/C37H17N7/c1-40-27-16-14-25(15-17-27)34-35(24-12-10-22(20-38)11-13-24)44-37-32-28-8-3-4-9-30(28)42-33(26-7-5-6-23(18-26)21-39)29(32)19-31(41-2)36(37)43-34/h3-19H. The Morgan fingerprint density at radius 2 is 1.23 bits per heavy atom. The first-order valence-corrected chi connectivity index (χ1v) is 13.6. The van der Waals surface area contributed by atoms with Crippen LogP contribution in [0.15, 0.2) is 103 Å². The molecular formula is C37H17N7. The van der Waals surface area contributed by atoms with Gasteiger partial charge in [0.05, 0.1) is 70.0 Å². The molecule has 7 nitrogen and oxygen atoms in total. The van der Waals surface area contributed by atoms with E-state index in [1.807, 2.05) is 60.7 Å². The third-order valence-electron chi connectivity index (χ3n) is 7.53. The molecule has 0 aliphatic heterocycles. The summed E-state index contributed by atoms with van der Waals surface area (Å²) in [6.07, 6.45) is 0. The first-order valence-electron chi connectivity index (χ1n) is 13.6. The SMILES string of the molecule is [C-]#[N+]c1ccc(-c2nc3c([N+]#[C-])cc4c(-c5cccc(C#N)c5)nc5ccccc5c4c3nc2-c2ccc(C#N)cc2)cc1. The summed E-state index contributed by atoms with van der Waals surface area (Å²) < 4.78 is 0. The van der Waals surface area contributed by atoms with Crippen LogP contribution in [0, 0.1) is 35.8 Å². The van der Waals surface area contributed by atoms with Crippen molar-refractivity contribution in [2.75, 3.05) is 0 Å². The zero-order chi connectivity index (χ0) is 30.2. The van der Waals surface area contributed by atoms with Crippen LogP contribution in [-0.4, -0.2) is 15.0 Å². The predicted molar refractivity (Wildman–Crippen MR) is 171 cm³/mol. The molecule has 0 N–H and O–H groups in total. The molecule has 200 valence electrons. The van der Waals surface area contributed by atoms with Gasteiger partial charge in [-0.25, -0.2) is 19.7 Å². The summed E-state index contributed by atoms with van der Waals surface area (Å²) in [7, 11) is 0. The third kappa shape index (κ3) is 4.23. The summed E-state index contributed by atoms with van der Waals surface area (Å²) in [5.41, 5.74) is 7.62. The molecule has 0 amide bonds. The zero-order valence-corrected chi connectivity index (χ0v) is 22.9. The van der Waals surface area contributed by atoms with Crippen LogP contribution in [0.5, 0.6) is 0 Å². The molecule has 0 unspecified atom stereocenters. The van der Waals surface area contributed by atoms with E-state index in [0.717, 1.165) is 38.4 Å². The van der Waals surface area contributed by atoms with Gasteiger partial charge in [-0.1, -0.05) is 66.7 Å². The fraction of sp³-hybridized carbons (Fsp3) is 0. The van der Waals surface area contributed by atoms with Crippen molar-refractivity contribution in [2.45, 2.75) is 0 Å². The molecule has 2 heterocycles. The van der Waals surface area contributed by atoms with Gasteiger partial charge in [-0.15, -0.1) is 0 Å². The van der Waals surface area contributed by atoms with Gasteiger partial charge in [-0.05, 0) is 42.0 Å². The summed E-state index contributed by atoms with van der Waals surface area (Å²) in [4.78, 5) is 22.7. The highest BCUT2D eigenvalue weighted by molar-refractivity contribution is 6.23. The summed E-state index contributed by atoms with van der Waals surface area (Å²) >= 11 is 0. The maximum absolute atomic E-state index is 9.58. The summed E-state index contributed by atoms with van der Waals surface area (Å²) in [5, 5.41) is 21.4. The number of benzene rings is 5. The lowest BCUT2D eigenvalue weighted by molar-refractivity contribution is 1.30. The quantitative estimate of drug-likeness (QED) is 0.159. The number of pyridine rings is 1. The van der Waals surface area contributed by atoms with Gasteiger partial charge in [0.2, 0.25) is 5.69 Å². The van der Waals surface area contributed by atoms with Crippen LogP contribution < -0.4 is 0 Å². The van der Waals surface area contributed by atoms with E-state index in [0.29, 0.717) is 50.6 Å². The number of hydrogen-bond acceptors (Lipinski definition) is 5. The number of para-hydroxylation sites is 1. The van der Waals surface area contributed by atoms with E-state index < -0.39 is 0 Å². The van der Waals surface area contributed by atoms with Crippen molar-refractivity contribution in [3.8, 4) is 45.9 Å². The summed E-state index contributed by atoms with van der Waals surface area (Å²) in [5.74, 6) is 0. The topological polar surface area (TPSA) is 95.0 Å². The normalized spacial score (nSPS) is 10.6. The fourth-order valence-electron chi connectivity index (χ4n) is 5.46. The molecule has 44 heavy (non-hydrogen) atoms. The van der Waals surface area contributed by atoms with Crippen molar-refractivity contribution in [1.29, 1.82) is 10.5 Å². The molecule has 0 fully saturated rings. The molecule has 0 atom stereocenters. The number of nitrogens with zero attached hydrogens (tertiary/aromatic N) is 7. The molecule has 0 radical (unpaired) electrons. The Bertz CT molecular complexity index is 2470. The molecule has 0 spiro atoms. The van der Waals surface area contributed by atoms with Gasteiger partial charge >= 0.3 is 0 Å². The average molecular weight is 560 g/mol. The third-order valence-corrected chi connectivity index (χ3v) is 7.53. The van der Waals surface area contributed by atoms with Gasteiger partial charge < -0.3 is 0 Å². The van der Waals surface area contributed by atoms with E-state index in [1.54, 1.807) is 42.5 Å². The van der Waals surface area contributed by atoms with E-state index in [1.165, 1.54) is 0 Å². The van der Waals surface area contributed by atoms with Gasteiger partial charge in [0.15, 0.2) is 5.69 Å². The number of fused-ring (bicyclic) bond motifs is 5. The lowest BCUT2D eigenvalue weighted by atomic mass is 9.96. The van der Waals surface area contributed by atoms with Gasteiger partial charge in [0, 0.05) is 27.3 Å². The van der Waals surface area contributed by atoms with Gasteiger partial charge in [-0.3, -0.25) is 4.98 Å².